The Balaban J connectivity index is 2.97. The number of ketones is 1. The van der Waals surface area contributed by atoms with Crippen LogP contribution in [0.1, 0.15) is 59.4 Å². The van der Waals surface area contributed by atoms with E-state index in [0.717, 1.165) is 18.4 Å². The summed E-state index contributed by atoms with van der Waals surface area (Å²) in [4.78, 5) is 25.5. The van der Waals surface area contributed by atoms with E-state index >= 15 is 0 Å². The maximum absolute atomic E-state index is 13.1. The molecule has 0 saturated carbocycles. The normalized spacial score (nSPS) is 14.4. The number of benzene rings is 1. The Morgan fingerprint density at radius 3 is 2.14 bits per heavy atom. The Labute approximate surface area is 175 Å². The van der Waals surface area contributed by atoms with Gasteiger partial charge in [0, 0.05) is 5.41 Å². The second kappa shape index (κ2) is 11.0. The predicted molar refractivity (Wildman–Crippen MR) is 119 cm³/mol. The molecule has 0 heterocycles. The van der Waals surface area contributed by atoms with Gasteiger partial charge < -0.3 is 11.1 Å². The lowest BCUT2D eigenvalue weighted by molar-refractivity contribution is -0.133. The van der Waals surface area contributed by atoms with Crippen LogP contribution < -0.4 is 16.4 Å². The van der Waals surface area contributed by atoms with Crippen LogP contribution in [-0.4, -0.2) is 35.2 Å². The van der Waals surface area contributed by atoms with Gasteiger partial charge in [-0.25, -0.2) is 0 Å². The van der Waals surface area contributed by atoms with Gasteiger partial charge in [0.15, 0.2) is 5.78 Å². The zero-order valence-corrected chi connectivity index (χ0v) is 18.8. The number of thiol groups is 1. The van der Waals surface area contributed by atoms with Gasteiger partial charge >= 0.3 is 0 Å². The van der Waals surface area contributed by atoms with E-state index in [4.69, 9.17) is 5.73 Å². The molecule has 4 N–H and O–H groups in total. The van der Waals surface area contributed by atoms with Crippen molar-refractivity contribution in [3.8, 4) is 0 Å². The molecular formula is C22H37N3O2S. The predicted octanol–water partition coefficient (Wildman–Crippen LogP) is 3.08. The highest BCUT2D eigenvalue weighted by atomic mass is 32.1. The van der Waals surface area contributed by atoms with Gasteiger partial charge in [-0.1, -0.05) is 51.1 Å². The van der Waals surface area contributed by atoms with Crippen molar-refractivity contribution >= 4 is 24.3 Å². The average Bonchev–Trinajstić information content (AvgIpc) is 2.58. The topological polar surface area (TPSA) is 84.2 Å². The Hall–Kier alpha value is -1.37. The number of hydrogen-bond donors (Lipinski definition) is 4. The summed E-state index contributed by atoms with van der Waals surface area (Å²) < 4.78 is 0. The smallest absolute Gasteiger partial charge is 0.238 e. The number of nitrogens with one attached hydrogen (secondary N) is 2. The molecule has 0 spiro atoms. The second-order valence-corrected chi connectivity index (χ2v) is 10.0. The number of Topliss-reactive ketones (excluding diaryl/α,β-unsaturated/α-hetero) is 1. The quantitative estimate of drug-likeness (QED) is 0.258. The first-order valence-electron chi connectivity index (χ1n) is 10.0. The minimum atomic E-state index is -0.528. The summed E-state index contributed by atoms with van der Waals surface area (Å²) in [6.07, 6.45) is 2.76. The maximum Gasteiger partial charge on any atom is 0.238 e. The van der Waals surface area contributed by atoms with Crippen molar-refractivity contribution in [2.45, 2.75) is 77.3 Å². The van der Waals surface area contributed by atoms with Gasteiger partial charge in [0.2, 0.25) is 5.91 Å². The van der Waals surface area contributed by atoms with E-state index in [2.05, 4.69) is 23.3 Å². The van der Waals surface area contributed by atoms with E-state index < -0.39 is 22.4 Å². The van der Waals surface area contributed by atoms with E-state index in [9.17, 15) is 9.59 Å². The van der Waals surface area contributed by atoms with Crippen LogP contribution in [0.4, 0.5) is 0 Å². The summed E-state index contributed by atoms with van der Waals surface area (Å²) in [7, 11) is 0. The molecular weight excluding hydrogens is 370 g/mol. The highest BCUT2D eigenvalue weighted by molar-refractivity contribution is 7.81. The van der Waals surface area contributed by atoms with Crippen molar-refractivity contribution in [3.63, 3.8) is 0 Å². The van der Waals surface area contributed by atoms with Crippen molar-refractivity contribution < 1.29 is 9.59 Å². The first-order chi connectivity index (χ1) is 12.9. The van der Waals surface area contributed by atoms with Crippen molar-refractivity contribution in [1.29, 1.82) is 0 Å². The molecule has 28 heavy (non-hydrogen) atoms. The van der Waals surface area contributed by atoms with Crippen molar-refractivity contribution in [2.24, 2.45) is 11.1 Å². The highest BCUT2D eigenvalue weighted by Crippen LogP contribution is 2.20. The van der Waals surface area contributed by atoms with Crippen LogP contribution in [0.2, 0.25) is 0 Å². The lowest BCUT2D eigenvalue weighted by Gasteiger charge is -2.30. The summed E-state index contributed by atoms with van der Waals surface area (Å²) in [5.74, 6) is -0.136. The standard InChI is InChI=1S/C22H37N3O2S/c1-21(2,3)19(26)17(13-9-10-14-23)24-20(27)18(25-22(4,5)28)15-16-11-7-6-8-12-16/h6-8,11-12,17-18,25,28H,9-10,13-15,23H2,1-5H3,(H,24,27). The fourth-order valence-electron chi connectivity index (χ4n) is 3.04. The Morgan fingerprint density at radius 2 is 1.64 bits per heavy atom. The van der Waals surface area contributed by atoms with E-state index in [1.54, 1.807) is 0 Å². The van der Waals surface area contributed by atoms with Crippen LogP contribution in [0, 0.1) is 5.41 Å². The third kappa shape index (κ3) is 9.22. The number of carbonyl (C=O) groups excluding carboxylic acids is 2. The molecule has 2 atom stereocenters. The van der Waals surface area contributed by atoms with E-state index in [0.29, 0.717) is 19.4 Å². The van der Waals surface area contributed by atoms with Crippen LogP contribution in [0.5, 0.6) is 0 Å². The van der Waals surface area contributed by atoms with E-state index in [1.807, 2.05) is 65.0 Å². The first kappa shape index (κ1) is 24.7. The number of unbranched alkanes of at least 4 members (excludes halogenated alkanes) is 1. The number of rotatable bonds is 11. The van der Waals surface area contributed by atoms with Crippen LogP contribution >= 0.6 is 12.6 Å². The van der Waals surface area contributed by atoms with Crippen molar-refractivity contribution in [2.75, 3.05) is 6.54 Å². The van der Waals surface area contributed by atoms with Crippen LogP contribution in [0.15, 0.2) is 30.3 Å². The van der Waals surface area contributed by atoms with Crippen LogP contribution in [0.3, 0.4) is 0 Å². The summed E-state index contributed by atoms with van der Waals surface area (Å²) >= 11 is 4.53. The van der Waals surface area contributed by atoms with Gasteiger partial charge in [0.05, 0.1) is 17.0 Å². The molecule has 158 valence electrons. The summed E-state index contributed by atoms with van der Waals surface area (Å²) in [5, 5.41) is 6.28. The molecule has 1 aromatic rings. The monoisotopic (exact) mass is 407 g/mol. The molecule has 0 fully saturated rings. The van der Waals surface area contributed by atoms with Gasteiger partial charge in [-0.2, -0.15) is 12.6 Å². The zero-order chi connectivity index (χ0) is 21.4. The molecule has 5 nitrogen and oxygen atoms in total. The molecule has 0 saturated heterocycles. The molecule has 1 amide bonds. The number of hydrogen-bond acceptors (Lipinski definition) is 5. The molecule has 0 aromatic heterocycles. The van der Waals surface area contributed by atoms with E-state index in [1.165, 1.54) is 0 Å². The average molecular weight is 408 g/mol. The van der Waals surface area contributed by atoms with Gasteiger partial charge in [-0.15, -0.1) is 0 Å². The first-order valence-corrected chi connectivity index (χ1v) is 10.5. The van der Waals surface area contributed by atoms with Crippen LogP contribution in [0.25, 0.3) is 0 Å². The molecule has 0 aliphatic heterocycles. The minimum absolute atomic E-state index is 0.0430. The molecule has 0 radical (unpaired) electrons. The number of nitrogens with two attached hydrogens (primary N) is 1. The summed E-state index contributed by atoms with van der Waals surface area (Å²) in [6.45, 7) is 10.0. The lowest BCUT2D eigenvalue weighted by atomic mass is 9.84. The Morgan fingerprint density at radius 1 is 1.04 bits per heavy atom. The van der Waals surface area contributed by atoms with Crippen molar-refractivity contribution in [1.82, 2.24) is 10.6 Å². The van der Waals surface area contributed by atoms with Gasteiger partial charge in [-0.3, -0.25) is 14.9 Å². The van der Waals surface area contributed by atoms with E-state index in [-0.39, 0.29) is 11.7 Å². The fourth-order valence-corrected chi connectivity index (χ4v) is 3.20. The molecule has 1 aromatic carbocycles. The molecule has 0 aliphatic carbocycles. The lowest BCUT2D eigenvalue weighted by Crippen LogP contribution is -2.56. The molecule has 1 rings (SSSR count). The second-order valence-electron chi connectivity index (χ2n) is 8.91. The molecule has 2 unspecified atom stereocenters. The van der Waals surface area contributed by atoms with Crippen LogP contribution in [-0.2, 0) is 16.0 Å². The molecule has 6 heteroatoms. The molecule has 0 aliphatic rings. The Kier molecular flexibility index (Phi) is 9.67. The van der Waals surface area contributed by atoms with Gasteiger partial charge in [-0.05, 0) is 51.6 Å². The zero-order valence-electron chi connectivity index (χ0n) is 17.9. The number of amides is 1. The summed E-state index contributed by atoms with van der Waals surface area (Å²) in [6, 6.07) is 8.84. The number of carbonyl (C=O) groups is 2. The third-order valence-electron chi connectivity index (χ3n) is 4.45. The van der Waals surface area contributed by atoms with Crippen molar-refractivity contribution in [3.05, 3.63) is 35.9 Å². The SMILES string of the molecule is CC(C)(S)NC(Cc1ccccc1)C(=O)NC(CCCCN)C(=O)C(C)(C)C. The maximum atomic E-state index is 13.1. The highest BCUT2D eigenvalue weighted by Gasteiger charge is 2.33. The molecule has 0 bridgehead atoms. The largest absolute Gasteiger partial charge is 0.345 e. The summed E-state index contributed by atoms with van der Waals surface area (Å²) in [5.41, 5.74) is 6.12. The van der Waals surface area contributed by atoms with Gasteiger partial charge in [0.1, 0.15) is 0 Å². The van der Waals surface area contributed by atoms with Gasteiger partial charge in [0.25, 0.3) is 0 Å². The third-order valence-corrected chi connectivity index (χ3v) is 4.57. The Bertz CT molecular complexity index is 621. The fraction of sp³-hybridized carbons (Fsp3) is 0.636. The minimum Gasteiger partial charge on any atom is -0.345 e.